The quantitative estimate of drug-likeness (QED) is 0.457. The van der Waals surface area contributed by atoms with E-state index in [1.54, 1.807) is 51.7 Å². The van der Waals surface area contributed by atoms with Crippen molar-refractivity contribution in [2.75, 3.05) is 25.4 Å². The molecule has 10 heteroatoms. The summed E-state index contributed by atoms with van der Waals surface area (Å²) in [6, 6.07) is 6.92. The minimum atomic E-state index is -0.470. The number of ether oxygens (including phenoxy) is 2. The number of thioether (sulfide) groups is 1. The second-order valence-electron chi connectivity index (χ2n) is 5.92. The Morgan fingerprint density at radius 3 is 2.50 bits per heavy atom. The molecule has 28 heavy (non-hydrogen) atoms. The van der Waals surface area contributed by atoms with Crippen LogP contribution in [0.5, 0.6) is 11.5 Å². The van der Waals surface area contributed by atoms with Gasteiger partial charge < -0.3 is 25.1 Å². The lowest BCUT2D eigenvalue weighted by Crippen LogP contribution is -2.23. The first-order valence-corrected chi connectivity index (χ1v) is 9.26. The van der Waals surface area contributed by atoms with Gasteiger partial charge in [0.15, 0.2) is 5.82 Å². The summed E-state index contributed by atoms with van der Waals surface area (Å²) < 4.78 is 17.1. The maximum atomic E-state index is 12.6. The van der Waals surface area contributed by atoms with Gasteiger partial charge in [-0.25, -0.2) is 4.68 Å². The van der Waals surface area contributed by atoms with E-state index < -0.39 is 5.25 Å². The number of rotatable bonds is 7. The molecular weight excluding hydrogens is 382 g/mol. The van der Waals surface area contributed by atoms with Gasteiger partial charge in [-0.15, -0.1) is 10.2 Å². The van der Waals surface area contributed by atoms with Gasteiger partial charge in [0.25, 0.3) is 0 Å². The fraction of sp³-hybridized carbons (Fsp3) is 0.278. The van der Waals surface area contributed by atoms with Crippen molar-refractivity contribution in [2.45, 2.75) is 24.3 Å². The molecule has 0 saturated heterocycles. The minimum Gasteiger partial charge on any atom is -0.497 e. The first-order chi connectivity index (χ1) is 13.4. The maximum Gasteiger partial charge on any atom is 0.237 e. The lowest BCUT2D eigenvalue weighted by atomic mass is 10.2. The molecule has 3 rings (SSSR count). The zero-order valence-corrected chi connectivity index (χ0v) is 16.7. The predicted molar refractivity (Wildman–Crippen MR) is 106 cm³/mol. The summed E-state index contributed by atoms with van der Waals surface area (Å²) in [5.41, 5.74) is 1.32. The highest BCUT2D eigenvalue weighted by molar-refractivity contribution is 8.00. The molecule has 0 aliphatic rings. The number of furan rings is 1. The highest BCUT2D eigenvalue weighted by Gasteiger charge is 2.21. The number of hydrogen-bond acceptors (Lipinski definition) is 8. The first-order valence-electron chi connectivity index (χ1n) is 8.38. The van der Waals surface area contributed by atoms with Crippen LogP contribution < -0.4 is 20.6 Å². The third kappa shape index (κ3) is 4.06. The van der Waals surface area contributed by atoms with Crippen molar-refractivity contribution in [2.24, 2.45) is 0 Å². The van der Waals surface area contributed by atoms with E-state index in [0.717, 1.165) is 5.56 Å². The molecule has 0 aliphatic carbocycles. The summed E-state index contributed by atoms with van der Waals surface area (Å²) in [7, 11) is 3.10. The minimum absolute atomic E-state index is 0.218. The molecular formula is C18H21N5O4S. The third-order valence-corrected chi connectivity index (χ3v) is 5.09. The summed E-state index contributed by atoms with van der Waals surface area (Å²) in [4.78, 5) is 12.6. The van der Waals surface area contributed by atoms with Gasteiger partial charge in [0.1, 0.15) is 17.3 Å². The molecule has 1 atom stereocenters. The number of nitrogen functional groups attached to an aromatic ring is 1. The number of aromatic nitrogens is 3. The van der Waals surface area contributed by atoms with E-state index in [1.165, 1.54) is 16.4 Å². The molecule has 0 saturated carbocycles. The number of amides is 1. The van der Waals surface area contributed by atoms with Gasteiger partial charge in [-0.1, -0.05) is 11.8 Å². The Morgan fingerprint density at radius 1 is 1.25 bits per heavy atom. The van der Waals surface area contributed by atoms with Gasteiger partial charge in [-0.2, -0.15) is 0 Å². The van der Waals surface area contributed by atoms with Crippen molar-refractivity contribution in [1.29, 1.82) is 0 Å². The maximum absolute atomic E-state index is 12.6. The van der Waals surface area contributed by atoms with Crippen LogP contribution in [0.3, 0.4) is 0 Å². The average molecular weight is 403 g/mol. The average Bonchev–Trinajstić information content (AvgIpc) is 3.26. The molecule has 1 aromatic carbocycles. The monoisotopic (exact) mass is 403 g/mol. The molecule has 0 aliphatic heterocycles. The number of carbonyl (C=O) groups excluding carboxylic acids is 1. The van der Waals surface area contributed by atoms with Crippen molar-refractivity contribution in [3.63, 3.8) is 0 Å². The molecule has 0 bridgehead atoms. The fourth-order valence-corrected chi connectivity index (χ4v) is 3.26. The molecule has 9 nitrogen and oxygen atoms in total. The highest BCUT2D eigenvalue weighted by Crippen LogP contribution is 2.29. The number of nitrogens with zero attached hydrogens (tertiary/aromatic N) is 3. The molecule has 3 N–H and O–H groups in total. The van der Waals surface area contributed by atoms with Crippen LogP contribution in [0, 0.1) is 6.92 Å². The molecule has 1 amide bonds. The number of anilines is 1. The summed E-state index contributed by atoms with van der Waals surface area (Å²) in [6.07, 6.45) is 1.56. The lowest BCUT2D eigenvalue weighted by Gasteiger charge is -2.13. The molecule has 148 valence electrons. The number of benzene rings is 1. The van der Waals surface area contributed by atoms with E-state index in [1.807, 2.05) is 6.92 Å². The summed E-state index contributed by atoms with van der Waals surface area (Å²) >= 11 is 1.20. The Labute approximate surface area is 166 Å². The van der Waals surface area contributed by atoms with E-state index in [4.69, 9.17) is 19.7 Å². The SMILES string of the molecule is COc1cc(NC(=O)C(C)Sc2nnc(-c3ccoc3C)n2N)cc(OC)c1. The van der Waals surface area contributed by atoms with Crippen molar-refractivity contribution >= 4 is 23.4 Å². The van der Waals surface area contributed by atoms with Gasteiger partial charge >= 0.3 is 0 Å². The number of hydrogen-bond donors (Lipinski definition) is 2. The standard InChI is InChI=1S/C18H21N5O4S/c1-10-15(5-6-27-10)16-21-22-18(23(16)19)28-11(2)17(24)20-12-7-13(25-3)9-14(8-12)26-4/h5-9,11H,19H2,1-4H3,(H,20,24). The molecule has 1 unspecified atom stereocenters. The van der Waals surface area contributed by atoms with Crippen LogP contribution in [0.15, 0.2) is 40.1 Å². The highest BCUT2D eigenvalue weighted by atomic mass is 32.2. The van der Waals surface area contributed by atoms with Gasteiger partial charge in [0, 0.05) is 23.9 Å². The Kier molecular flexibility index (Phi) is 5.78. The molecule has 0 fully saturated rings. The van der Waals surface area contributed by atoms with E-state index in [9.17, 15) is 4.79 Å². The summed E-state index contributed by atoms with van der Waals surface area (Å²) in [5, 5.41) is 11.0. The van der Waals surface area contributed by atoms with Crippen LogP contribution >= 0.6 is 11.8 Å². The van der Waals surface area contributed by atoms with Crippen molar-refractivity contribution in [3.8, 4) is 22.9 Å². The third-order valence-electron chi connectivity index (χ3n) is 4.03. The molecule has 2 heterocycles. The van der Waals surface area contributed by atoms with Gasteiger partial charge in [-0.3, -0.25) is 4.79 Å². The van der Waals surface area contributed by atoms with E-state index in [0.29, 0.717) is 33.9 Å². The first kappa shape index (κ1) is 19.6. The lowest BCUT2D eigenvalue weighted by molar-refractivity contribution is -0.115. The zero-order chi connectivity index (χ0) is 20.3. The van der Waals surface area contributed by atoms with Gasteiger partial charge in [0.2, 0.25) is 11.1 Å². The zero-order valence-electron chi connectivity index (χ0n) is 15.9. The van der Waals surface area contributed by atoms with E-state index >= 15 is 0 Å². The van der Waals surface area contributed by atoms with Crippen molar-refractivity contribution < 1.29 is 18.7 Å². The number of nitrogens with two attached hydrogens (primary N) is 1. The summed E-state index contributed by atoms with van der Waals surface area (Å²) in [6.45, 7) is 3.57. The van der Waals surface area contributed by atoms with E-state index in [2.05, 4.69) is 15.5 Å². The Hall–Kier alpha value is -3.14. The topological polar surface area (TPSA) is 117 Å². The smallest absolute Gasteiger partial charge is 0.237 e. The second-order valence-corrected chi connectivity index (χ2v) is 7.23. The fourth-order valence-electron chi connectivity index (χ4n) is 2.49. The Morgan fingerprint density at radius 2 is 1.93 bits per heavy atom. The Balaban J connectivity index is 1.72. The number of aryl methyl sites for hydroxylation is 1. The predicted octanol–water partition coefficient (Wildman–Crippen LogP) is 2.70. The molecule has 3 aromatic rings. The number of nitrogens with one attached hydrogen (secondary N) is 1. The van der Waals surface area contributed by atoms with Crippen LogP contribution in [0.1, 0.15) is 12.7 Å². The van der Waals surface area contributed by atoms with Crippen LogP contribution in [0.25, 0.3) is 11.4 Å². The second kappa shape index (κ2) is 8.26. The molecule has 0 radical (unpaired) electrons. The van der Waals surface area contributed by atoms with Crippen LogP contribution in [-0.2, 0) is 4.79 Å². The largest absolute Gasteiger partial charge is 0.497 e. The Bertz CT molecular complexity index is 962. The molecule has 2 aromatic heterocycles. The molecule has 0 spiro atoms. The number of carbonyl (C=O) groups is 1. The van der Waals surface area contributed by atoms with Gasteiger partial charge in [-0.05, 0) is 19.9 Å². The van der Waals surface area contributed by atoms with Crippen LogP contribution in [0.4, 0.5) is 5.69 Å². The van der Waals surface area contributed by atoms with Crippen molar-refractivity contribution in [1.82, 2.24) is 14.9 Å². The van der Waals surface area contributed by atoms with Gasteiger partial charge in [0.05, 0.1) is 31.3 Å². The van der Waals surface area contributed by atoms with E-state index in [-0.39, 0.29) is 5.91 Å². The summed E-state index contributed by atoms with van der Waals surface area (Å²) in [5.74, 6) is 8.21. The van der Waals surface area contributed by atoms with Crippen molar-refractivity contribution in [3.05, 3.63) is 36.3 Å². The van der Waals surface area contributed by atoms with Crippen LogP contribution in [0.2, 0.25) is 0 Å². The van der Waals surface area contributed by atoms with Crippen LogP contribution in [-0.4, -0.2) is 40.3 Å². The normalized spacial score (nSPS) is 11.9. The number of methoxy groups -OCH3 is 2.